The Balaban J connectivity index is 3.16. The number of hydrogen-bond donors (Lipinski definition) is 1. The van der Waals surface area contributed by atoms with E-state index in [2.05, 4.69) is 0 Å². The van der Waals surface area contributed by atoms with Crippen molar-refractivity contribution in [1.82, 2.24) is 0 Å². The van der Waals surface area contributed by atoms with Gasteiger partial charge < -0.3 is 28.8 Å². The van der Waals surface area contributed by atoms with Gasteiger partial charge in [0.15, 0.2) is 24.6 Å². The maximum Gasteiger partial charge on any atom is 0.303 e. The number of esters is 3. The highest BCUT2D eigenvalue weighted by atomic mass is 16.7. The lowest BCUT2D eigenvalue weighted by Crippen LogP contribution is -2.61. The van der Waals surface area contributed by atoms with Gasteiger partial charge in [-0.3, -0.25) is 14.4 Å². The normalized spacial score (nSPS) is 30.4. The van der Waals surface area contributed by atoms with Crippen molar-refractivity contribution in [2.24, 2.45) is 0 Å². The zero-order valence-corrected chi connectivity index (χ0v) is 13.5. The number of hydrogen-bond acceptors (Lipinski definition) is 9. The third kappa shape index (κ3) is 5.45. The minimum Gasteiger partial charge on any atom is -0.456 e. The van der Waals surface area contributed by atoms with E-state index in [1.807, 2.05) is 0 Å². The van der Waals surface area contributed by atoms with Crippen LogP contribution in [0.15, 0.2) is 0 Å². The lowest BCUT2D eigenvalue weighted by atomic mass is 9.96. The number of carbonyl (C=O) groups is 3. The molecule has 0 unspecified atom stereocenters. The van der Waals surface area contributed by atoms with E-state index in [-0.39, 0.29) is 13.0 Å². The van der Waals surface area contributed by atoms with Gasteiger partial charge in [0.25, 0.3) is 0 Å². The van der Waals surface area contributed by atoms with E-state index >= 15 is 0 Å². The molecule has 5 atom stereocenters. The molecule has 0 radical (unpaired) electrons. The topological polar surface area (TPSA) is 118 Å². The molecule has 132 valence electrons. The summed E-state index contributed by atoms with van der Waals surface area (Å²) in [5.74, 6) is -1.92. The average Bonchev–Trinajstić information content (AvgIpc) is 2.43. The van der Waals surface area contributed by atoms with E-state index in [0.717, 1.165) is 0 Å². The summed E-state index contributed by atoms with van der Waals surface area (Å²) in [6, 6.07) is 0. The molecule has 9 nitrogen and oxygen atoms in total. The molecule has 1 fully saturated rings. The zero-order valence-electron chi connectivity index (χ0n) is 13.5. The average molecular weight is 334 g/mol. The lowest BCUT2D eigenvalue weighted by molar-refractivity contribution is -0.299. The van der Waals surface area contributed by atoms with Gasteiger partial charge in [-0.2, -0.15) is 0 Å². The molecule has 1 aliphatic rings. The Morgan fingerprint density at radius 3 is 1.83 bits per heavy atom. The Bertz CT molecular complexity index is 436. The fraction of sp³-hybridized carbons (Fsp3) is 0.786. The maximum atomic E-state index is 11.4. The standard InChI is InChI=1S/C14H22O9/c1-7(16)20-11-10(5-6-15)23-14(19-4)13(22-9(3)18)12(11)21-8(2)17/h10-15H,5-6H2,1-4H3/t10-,11-,12+,13+,14+/m1/s1. The van der Waals surface area contributed by atoms with Gasteiger partial charge in [-0.05, 0) is 0 Å². The number of carbonyl (C=O) groups excluding carboxylic acids is 3. The van der Waals surface area contributed by atoms with Crippen LogP contribution in [-0.2, 0) is 38.1 Å². The van der Waals surface area contributed by atoms with E-state index < -0.39 is 48.6 Å². The summed E-state index contributed by atoms with van der Waals surface area (Å²) in [5, 5.41) is 9.15. The van der Waals surface area contributed by atoms with E-state index in [9.17, 15) is 14.4 Å². The smallest absolute Gasteiger partial charge is 0.303 e. The Hall–Kier alpha value is -1.71. The summed E-state index contributed by atoms with van der Waals surface area (Å²) < 4.78 is 26.2. The molecule has 1 aliphatic heterocycles. The summed E-state index contributed by atoms with van der Waals surface area (Å²) in [5.41, 5.74) is 0. The van der Waals surface area contributed by atoms with Crippen LogP contribution in [0.5, 0.6) is 0 Å². The first kappa shape index (κ1) is 19.3. The highest BCUT2D eigenvalue weighted by molar-refractivity contribution is 5.68. The highest BCUT2D eigenvalue weighted by Gasteiger charge is 2.51. The van der Waals surface area contributed by atoms with Gasteiger partial charge >= 0.3 is 17.9 Å². The first-order valence-electron chi connectivity index (χ1n) is 7.11. The Labute approximate surface area is 133 Å². The lowest BCUT2D eigenvalue weighted by Gasteiger charge is -2.43. The summed E-state index contributed by atoms with van der Waals surface area (Å²) in [4.78, 5) is 34.1. The summed E-state index contributed by atoms with van der Waals surface area (Å²) in [6.07, 6.45) is -4.98. The monoisotopic (exact) mass is 334 g/mol. The van der Waals surface area contributed by atoms with Crippen LogP contribution in [-0.4, -0.2) is 67.4 Å². The van der Waals surface area contributed by atoms with Gasteiger partial charge in [0.2, 0.25) is 0 Å². The molecule has 1 heterocycles. The van der Waals surface area contributed by atoms with Gasteiger partial charge in [-0.15, -0.1) is 0 Å². The minimum absolute atomic E-state index is 0.113. The number of rotatable bonds is 6. The van der Waals surface area contributed by atoms with Gasteiger partial charge in [0, 0.05) is 40.9 Å². The van der Waals surface area contributed by atoms with Gasteiger partial charge in [-0.1, -0.05) is 0 Å². The molecular formula is C14H22O9. The number of aliphatic hydroxyl groups excluding tert-OH is 1. The fourth-order valence-corrected chi connectivity index (χ4v) is 2.40. The number of aliphatic hydroxyl groups is 1. The molecule has 0 bridgehead atoms. The molecule has 23 heavy (non-hydrogen) atoms. The largest absolute Gasteiger partial charge is 0.456 e. The van der Waals surface area contributed by atoms with Crippen LogP contribution < -0.4 is 0 Å². The Morgan fingerprint density at radius 1 is 0.913 bits per heavy atom. The molecule has 0 aromatic rings. The highest BCUT2D eigenvalue weighted by Crippen LogP contribution is 2.30. The molecule has 1 saturated heterocycles. The molecular weight excluding hydrogens is 312 g/mol. The van der Waals surface area contributed by atoms with Crippen molar-refractivity contribution >= 4 is 17.9 Å². The van der Waals surface area contributed by atoms with Crippen LogP contribution in [0.1, 0.15) is 27.2 Å². The van der Waals surface area contributed by atoms with E-state index in [0.29, 0.717) is 0 Å². The first-order chi connectivity index (χ1) is 10.8. The predicted octanol–water partition coefficient (Wildman–Crippen LogP) is -0.465. The van der Waals surface area contributed by atoms with Crippen molar-refractivity contribution in [3.05, 3.63) is 0 Å². The number of methoxy groups -OCH3 is 1. The van der Waals surface area contributed by atoms with Gasteiger partial charge in [-0.25, -0.2) is 0 Å². The molecule has 0 aromatic heterocycles. The predicted molar refractivity (Wildman–Crippen MR) is 74.0 cm³/mol. The van der Waals surface area contributed by atoms with Crippen molar-refractivity contribution in [2.75, 3.05) is 13.7 Å². The molecule has 0 spiro atoms. The Kier molecular flexibility index (Phi) is 7.40. The second-order valence-electron chi connectivity index (χ2n) is 5.01. The van der Waals surface area contributed by atoms with E-state index in [4.69, 9.17) is 28.8 Å². The van der Waals surface area contributed by atoms with Crippen molar-refractivity contribution in [3.63, 3.8) is 0 Å². The van der Waals surface area contributed by atoms with Crippen molar-refractivity contribution in [3.8, 4) is 0 Å². The molecule has 1 N–H and O–H groups in total. The second-order valence-corrected chi connectivity index (χ2v) is 5.01. The van der Waals surface area contributed by atoms with E-state index in [1.54, 1.807) is 0 Å². The SMILES string of the molecule is CO[C@H]1O[C@H](CCO)[C@@H](OC(C)=O)[C@H](OC(C)=O)[C@@H]1OC(C)=O. The first-order valence-corrected chi connectivity index (χ1v) is 7.11. The molecule has 0 aromatic carbocycles. The quantitative estimate of drug-likeness (QED) is 0.508. The van der Waals surface area contributed by atoms with E-state index in [1.165, 1.54) is 27.9 Å². The van der Waals surface area contributed by atoms with Crippen LogP contribution in [0.25, 0.3) is 0 Å². The van der Waals surface area contributed by atoms with Crippen LogP contribution in [0.3, 0.4) is 0 Å². The molecule has 0 saturated carbocycles. The Morgan fingerprint density at radius 2 is 1.39 bits per heavy atom. The molecule has 0 amide bonds. The molecule has 1 rings (SSSR count). The van der Waals surface area contributed by atoms with Crippen LogP contribution in [0.4, 0.5) is 0 Å². The van der Waals surface area contributed by atoms with Gasteiger partial charge in [0.1, 0.15) is 6.10 Å². The zero-order chi connectivity index (χ0) is 17.6. The van der Waals surface area contributed by atoms with Crippen molar-refractivity contribution in [1.29, 1.82) is 0 Å². The third-order valence-corrected chi connectivity index (χ3v) is 3.14. The van der Waals surface area contributed by atoms with Crippen LogP contribution in [0, 0.1) is 0 Å². The van der Waals surface area contributed by atoms with Crippen molar-refractivity contribution in [2.45, 2.75) is 57.9 Å². The summed E-state index contributed by atoms with van der Waals surface area (Å²) in [6.45, 7) is 3.29. The summed E-state index contributed by atoms with van der Waals surface area (Å²) in [7, 11) is 1.33. The second kappa shape index (κ2) is 8.80. The summed E-state index contributed by atoms with van der Waals surface area (Å²) >= 11 is 0. The molecule has 9 heteroatoms. The van der Waals surface area contributed by atoms with Crippen LogP contribution >= 0.6 is 0 Å². The van der Waals surface area contributed by atoms with Crippen LogP contribution in [0.2, 0.25) is 0 Å². The maximum absolute atomic E-state index is 11.4. The van der Waals surface area contributed by atoms with Crippen molar-refractivity contribution < 1.29 is 43.2 Å². The van der Waals surface area contributed by atoms with Gasteiger partial charge in [0.05, 0.1) is 0 Å². The molecule has 0 aliphatic carbocycles. The fourth-order valence-electron chi connectivity index (χ4n) is 2.40. The minimum atomic E-state index is -1.12. The third-order valence-electron chi connectivity index (χ3n) is 3.14. The number of ether oxygens (including phenoxy) is 5.